The molecule has 8 nitrogen and oxygen atoms in total. The predicted molar refractivity (Wildman–Crippen MR) is 72.6 cm³/mol. The van der Waals surface area contributed by atoms with Gasteiger partial charge in [0.2, 0.25) is 0 Å². The first-order valence-corrected chi connectivity index (χ1v) is 5.12. The number of carbonyl (C=O) groups is 4. The van der Waals surface area contributed by atoms with Gasteiger partial charge >= 0.3 is 35.0 Å². The van der Waals surface area contributed by atoms with E-state index in [1.54, 1.807) is 0 Å². The Bertz CT molecular complexity index is 348. The molecule has 23 heavy (non-hydrogen) atoms. The number of carboxylic acid groups (broad SMARTS) is 4. The van der Waals surface area contributed by atoms with E-state index in [2.05, 4.69) is 13.2 Å². The molecule has 0 saturated heterocycles. The van der Waals surface area contributed by atoms with E-state index in [1.165, 1.54) is 13.8 Å². The van der Waals surface area contributed by atoms with Crippen molar-refractivity contribution in [1.29, 1.82) is 0 Å². The van der Waals surface area contributed by atoms with Crippen LogP contribution in [-0.2, 0) is 19.2 Å². The van der Waals surface area contributed by atoms with Crippen molar-refractivity contribution in [2.24, 2.45) is 0 Å². The van der Waals surface area contributed by atoms with Gasteiger partial charge < -0.3 is 30.0 Å². The van der Waals surface area contributed by atoms with Gasteiger partial charge in [0.15, 0.2) is 0 Å². The van der Waals surface area contributed by atoms with E-state index < -0.39 is 37.2 Å². The second-order valence-electron chi connectivity index (χ2n) is 3.18. The summed E-state index contributed by atoms with van der Waals surface area (Å²) in [5.74, 6) is -5.19. The summed E-state index contributed by atoms with van der Waals surface area (Å²) in [5.41, 5.74) is 0.352. The summed E-state index contributed by atoms with van der Waals surface area (Å²) in [6.45, 7) is 6.43. The number of aliphatic carboxylic acids is 4. The monoisotopic (exact) mass is 350 g/mol. The van der Waals surface area contributed by atoms with E-state index in [1.807, 2.05) is 0 Å². The van der Waals surface area contributed by atoms with Crippen LogP contribution in [0.1, 0.15) is 13.8 Å². The summed E-state index contributed by atoms with van der Waals surface area (Å²) in [4.78, 5) is 37.0. The second kappa shape index (κ2) is 22.3. The van der Waals surface area contributed by atoms with Crippen molar-refractivity contribution in [3.63, 3.8) is 0 Å². The van der Waals surface area contributed by atoms with Gasteiger partial charge in [-0.25, -0.2) is 18.4 Å². The van der Waals surface area contributed by atoms with Crippen LogP contribution in [0.15, 0.2) is 24.3 Å². The summed E-state index contributed by atoms with van der Waals surface area (Å²) in [5, 5.41) is 33.5. The average Bonchev–Trinajstić information content (AvgIpc) is 2.40. The smallest absolute Gasteiger partial charge is 0.547 e. The van der Waals surface area contributed by atoms with Crippen LogP contribution in [0.3, 0.4) is 0 Å². The van der Waals surface area contributed by atoms with Crippen molar-refractivity contribution in [3.8, 4) is 0 Å². The number of rotatable bonds is 4. The minimum atomic E-state index is -1.66. The molecule has 0 aliphatic heterocycles. The summed E-state index contributed by atoms with van der Waals surface area (Å²) >= 11 is 0. The molecule has 0 atom stereocenters. The number of hydrogen-bond acceptors (Lipinski definition) is 6. The van der Waals surface area contributed by atoms with E-state index >= 15 is 0 Å². The topological polar surface area (TPSA) is 155 Å². The van der Waals surface area contributed by atoms with Gasteiger partial charge in [-0.1, -0.05) is 13.2 Å². The minimum Gasteiger partial charge on any atom is -0.547 e. The Hall–Kier alpha value is -2.01. The van der Waals surface area contributed by atoms with Crippen molar-refractivity contribution in [2.45, 2.75) is 13.8 Å². The number of carboxylic acids is 4. The fraction of sp³-hybridized carbons (Fsp3) is 0.333. The largest absolute Gasteiger partial charge is 2.00 e. The molecule has 0 aromatic carbocycles. The zero-order valence-electron chi connectivity index (χ0n) is 12.6. The summed E-state index contributed by atoms with van der Waals surface area (Å²) in [6, 6.07) is 0. The molecule has 0 aromatic heterocycles. The van der Waals surface area contributed by atoms with Gasteiger partial charge in [0.1, 0.15) is 13.3 Å². The SMILES string of the molecule is C=C(C)C(=O)O.C=C(C)C(=O)O.O=C([O-])CF.O=C([O-])CF.[Mg+2]. The molecule has 0 heterocycles. The molecule has 0 aliphatic carbocycles. The fourth-order valence-electron chi connectivity index (χ4n) is 0. The van der Waals surface area contributed by atoms with Crippen molar-refractivity contribution < 1.29 is 48.4 Å². The molecular weight excluding hydrogens is 334 g/mol. The van der Waals surface area contributed by atoms with Crippen molar-refractivity contribution >= 4 is 46.9 Å². The molecule has 0 radical (unpaired) electrons. The number of hydrogen-bond donors (Lipinski definition) is 2. The Kier molecular flexibility index (Phi) is 31.8. The van der Waals surface area contributed by atoms with Crippen LogP contribution in [0.4, 0.5) is 8.78 Å². The Morgan fingerprint density at radius 2 is 0.913 bits per heavy atom. The van der Waals surface area contributed by atoms with Crippen LogP contribution < -0.4 is 10.2 Å². The Morgan fingerprint density at radius 3 is 0.913 bits per heavy atom. The Morgan fingerprint density at radius 1 is 0.826 bits per heavy atom. The maximum atomic E-state index is 10.5. The maximum Gasteiger partial charge on any atom is 2.00 e. The quantitative estimate of drug-likeness (QED) is 0.450. The molecule has 0 fully saturated rings. The number of halogens is 2. The van der Waals surface area contributed by atoms with Gasteiger partial charge in [0.25, 0.3) is 0 Å². The molecule has 0 bridgehead atoms. The third-order valence-corrected chi connectivity index (χ3v) is 0.948. The van der Waals surface area contributed by atoms with Crippen LogP contribution >= 0.6 is 0 Å². The van der Waals surface area contributed by atoms with Crippen LogP contribution in [0.2, 0.25) is 0 Å². The van der Waals surface area contributed by atoms with Crippen LogP contribution in [-0.4, -0.2) is 70.5 Å². The molecule has 0 unspecified atom stereocenters. The molecule has 0 aliphatic rings. The first-order chi connectivity index (χ1) is 9.83. The van der Waals surface area contributed by atoms with Gasteiger partial charge in [-0.2, -0.15) is 0 Å². The molecule has 0 rings (SSSR count). The molecule has 2 N–H and O–H groups in total. The fourth-order valence-corrected chi connectivity index (χ4v) is 0. The maximum absolute atomic E-state index is 10.5. The molecule has 0 amide bonds. The average molecular weight is 351 g/mol. The zero-order valence-corrected chi connectivity index (χ0v) is 14.0. The Balaban J connectivity index is -0.0000000620. The Labute approximate surface area is 147 Å². The van der Waals surface area contributed by atoms with Crippen LogP contribution in [0, 0.1) is 0 Å². The molecule has 0 saturated carbocycles. The number of alkyl halides is 2. The summed E-state index contributed by atoms with van der Waals surface area (Å²) in [6.07, 6.45) is 0. The van der Waals surface area contributed by atoms with Crippen LogP contribution in [0.25, 0.3) is 0 Å². The molecule has 0 aromatic rings. The number of carbonyl (C=O) groups excluding carboxylic acids is 2. The van der Waals surface area contributed by atoms with E-state index in [0.29, 0.717) is 0 Å². The molecule has 11 heteroatoms. The summed E-state index contributed by atoms with van der Waals surface area (Å²) in [7, 11) is 0. The minimum absolute atomic E-state index is 0. The molecule has 128 valence electrons. The zero-order chi connectivity index (χ0) is 18.9. The third kappa shape index (κ3) is 64.8. The van der Waals surface area contributed by atoms with E-state index in [9.17, 15) is 18.4 Å². The van der Waals surface area contributed by atoms with Crippen molar-refractivity contribution in [2.75, 3.05) is 13.3 Å². The first-order valence-electron chi connectivity index (χ1n) is 5.12. The summed E-state index contributed by atoms with van der Waals surface area (Å²) < 4.78 is 20.9. The van der Waals surface area contributed by atoms with E-state index in [4.69, 9.17) is 30.0 Å². The molecular formula is C12H16F2MgO8. The van der Waals surface area contributed by atoms with Crippen LogP contribution in [0.5, 0.6) is 0 Å². The van der Waals surface area contributed by atoms with Gasteiger partial charge in [0, 0.05) is 11.1 Å². The molecule has 0 spiro atoms. The van der Waals surface area contributed by atoms with E-state index in [-0.39, 0.29) is 34.2 Å². The van der Waals surface area contributed by atoms with E-state index in [0.717, 1.165) is 0 Å². The van der Waals surface area contributed by atoms with Gasteiger partial charge in [-0.15, -0.1) is 0 Å². The van der Waals surface area contributed by atoms with Gasteiger partial charge in [0.05, 0.1) is 11.9 Å². The van der Waals surface area contributed by atoms with Crippen molar-refractivity contribution in [1.82, 2.24) is 0 Å². The van der Waals surface area contributed by atoms with Crippen molar-refractivity contribution in [3.05, 3.63) is 24.3 Å². The van der Waals surface area contributed by atoms with Gasteiger partial charge in [-0.3, -0.25) is 0 Å². The first kappa shape index (κ1) is 32.8. The van der Waals surface area contributed by atoms with Gasteiger partial charge in [-0.05, 0) is 13.8 Å². The standard InChI is InChI=1S/2C4H6O2.2C2H3FO2.Mg/c2*1-3(2)4(5)6;2*3-1-2(4)5;/h2*1H2,2H3,(H,5,6);2*1H2,(H,4,5);/q;;;;+2/p-2. The third-order valence-electron chi connectivity index (χ3n) is 0.948. The second-order valence-corrected chi connectivity index (χ2v) is 3.18. The normalized spacial score (nSPS) is 7.13. The predicted octanol–water partition coefficient (Wildman–Crippen LogP) is -1.67.